The fourth-order valence-electron chi connectivity index (χ4n) is 1.17. The summed E-state index contributed by atoms with van der Waals surface area (Å²) in [7, 11) is 1.71. The molecule has 0 bridgehead atoms. The Kier molecular flexibility index (Phi) is 5.87. The van der Waals surface area contributed by atoms with Gasteiger partial charge in [0, 0.05) is 34.4 Å². The van der Waals surface area contributed by atoms with Crippen LogP contribution in [0.3, 0.4) is 0 Å². The summed E-state index contributed by atoms with van der Waals surface area (Å²) in [6, 6.07) is 5.73. The summed E-state index contributed by atoms with van der Waals surface area (Å²) in [4.78, 5) is 1.17. The Morgan fingerprint density at radius 1 is 1.56 bits per heavy atom. The standard InChI is InChI=1S/C11H15BrN2OS/c1-15-5-2-6-16-10-4-3-8(11(13)14)7-9(10)12/h3-4,7H,2,5-6H2,1H3,(H3,13,14). The van der Waals surface area contributed by atoms with Crippen molar-refractivity contribution in [3.8, 4) is 0 Å². The second-order valence-electron chi connectivity index (χ2n) is 3.25. The van der Waals surface area contributed by atoms with Crippen molar-refractivity contribution in [1.29, 1.82) is 5.41 Å². The number of hydrogen-bond donors (Lipinski definition) is 2. The summed E-state index contributed by atoms with van der Waals surface area (Å²) in [6.07, 6.45) is 1.03. The lowest BCUT2D eigenvalue weighted by molar-refractivity contribution is 0.200. The van der Waals surface area contributed by atoms with Gasteiger partial charge in [-0.05, 0) is 34.5 Å². The number of nitrogens with two attached hydrogens (primary N) is 1. The topological polar surface area (TPSA) is 59.1 Å². The van der Waals surface area contributed by atoms with E-state index in [1.54, 1.807) is 18.9 Å². The van der Waals surface area contributed by atoms with E-state index >= 15 is 0 Å². The van der Waals surface area contributed by atoms with Crippen LogP contribution in [0.15, 0.2) is 27.6 Å². The maximum atomic E-state index is 7.33. The first kappa shape index (κ1) is 13.5. The molecule has 0 saturated heterocycles. The fraction of sp³-hybridized carbons (Fsp3) is 0.364. The van der Waals surface area contributed by atoms with Crippen LogP contribution in [0.1, 0.15) is 12.0 Å². The minimum absolute atomic E-state index is 0.0941. The van der Waals surface area contributed by atoms with E-state index in [0.717, 1.165) is 28.8 Å². The average molecular weight is 303 g/mol. The predicted octanol–water partition coefficient (Wildman–Crippen LogP) is 2.86. The van der Waals surface area contributed by atoms with Gasteiger partial charge in [0.15, 0.2) is 0 Å². The molecule has 0 aromatic heterocycles. The van der Waals surface area contributed by atoms with E-state index in [-0.39, 0.29) is 5.84 Å². The molecule has 0 aliphatic heterocycles. The minimum Gasteiger partial charge on any atom is -0.385 e. The van der Waals surface area contributed by atoms with Gasteiger partial charge in [0.25, 0.3) is 0 Å². The summed E-state index contributed by atoms with van der Waals surface area (Å²) >= 11 is 5.25. The lowest BCUT2D eigenvalue weighted by Crippen LogP contribution is -2.10. The van der Waals surface area contributed by atoms with Gasteiger partial charge in [-0.3, -0.25) is 5.41 Å². The first-order valence-corrected chi connectivity index (χ1v) is 6.68. The van der Waals surface area contributed by atoms with Gasteiger partial charge >= 0.3 is 0 Å². The number of thioether (sulfide) groups is 1. The van der Waals surface area contributed by atoms with Crippen LogP contribution in [0.4, 0.5) is 0 Å². The molecule has 3 N–H and O–H groups in total. The van der Waals surface area contributed by atoms with Crippen molar-refractivity contribution in [3.63, 3.8) is 0 Å². The molecule has 16 heavy (non-hydrogen) atoms. The Labute approximate surface area is 108 Å². The zero-order valence-electron chi connectivity index (χ0n) is 9.13. The summed E-state index contributed by atoms with van der Waals surface area (Å²) in [6.45, 7) is 0.788. The smallest absolute Gasteiger partial charge is 0.122 e. The van der Waals surface area contributed by atoms with Crippen LogP contribution in [0.25, 0.3) is 0 Å². The molecule has 88 valence electrons. The summed E-state index contributed by atoms with van der Waals surface area (Å²) < 4.78 is 5.98. The summed E-state index contributed by atoms with van der Waals surface area (Å²) in [5, 5.41) is 7.33. The van der Waals surface area contributed by atoms with Crippen molar-refractivity contribution in [1.82, 2.24) is 0 Å². The third-order valence-corrected chi connectivity index (χ3v) is 4.07. The highest BCUT2D eigenvalue weighted by Crippen LogP contribution is 2.28. The molecule has 0 unspecified atom stereocenters. The minimum atomic E-state index is 0.0941. The number of ether oxygens (including phenoxy) is 1. The normalized spacial score (nSPS) is 10.4. The Bertz CT molecular complexity index is 371. The zero-order valence-corrected chi connectivity index (χ0v) is 11.5. The Hall–Kier alpha value is -0.520. The predicted molar refractivity (Wildman–Crippen MR) is 72.4 cm³/mol. The van der Waals surface area contributed by atoms with Gasteiger partial charge in [-0.15, -0.1) is 11.8 Å². The maximum absolute atomic E-state index is 7.33. The molecule has 3 nitrogen and oxygen atoms in total. The molecule has 0 fully saturated rings. The molecule has 0 amide bonds. The van der Waals surface area contributed by atoms with E-state index in [1.807, 2.05) is 18.2 Å². The van der Waals surface area contributed by atoms with Crippen LogP contribution in [0.5, 0.6) is 0 Å². The van der Waals surface area contributed by atoms with E-state index in [9.17, 15) is 0 Å². The SMILES string of the molecule is COCCCSc1ccc(C(=N)N)cc1Br. The lowest BCUT2D eigenvalue weighted by atomic mass is 10.2. The van der Waals surface area contributed by atoms with Gasteiger partial charge < -0.3 is 10.5 Å². The van der Waals surface area contributed by atoms with Crippen molar-refractivity contribution >= 4 is 33.5 Å². The van der Waals surface area contributed by atoms with Gasteiger partial charge in [-0.25, -0.2) is 0 Å². The third-order valence-electron chi connectivity index (χ3n) is 1.99. The number of nitrogens with one attached hydrogen (secondary N) is 1. The molecule has 0 atom stereocenters. The largest absolute Gasteiger partial charge is 0.385 e. The third kappa shape index (κ3) is 4.15. The molecule has 1 aromatic rings. The quantitative estimate of drug-likeness (QED) is 0.368. The highest BCUT2D eigenvalue weighted by Gasteiger charge is 2.03. The number of halogens is 1. The van der Waals surface area contributed by atoms with Gasteiger partial charge in [-0.1, -0.05) is 6.07 Å². The van der Waals surface area contributed by atoms with Gasteiger partial charge in [0.2, 0.25) is 0 Å². The van der Waals surface area contributed by atoms with Gasteiger partial charge in [0.1, 0.15) is 5.84 Å². The summed E-state index contributed by atoms with van der Waals surface area (Å²) in [5.41, 5.74) is 6.16. The maximum Gasteiger partial charge on any atom is 0.122 e. The molecule has 0 spiro atoms. The number of amidine groups is 1. The van der Waals surface area contributed by atoms with E-state index in [1.165, 1.54) is 4.90 Å². The first-order valence-electron chi connectivity index (χ1n) is 4.91. The van der Waals surface area contributed by atoms with E-state index in [2.05, 4.69) is 15.9 Å². The fourth-order valence-corrected chi connectivity index (χ4v) is 2.74. The molecular weight excluding hydrogens is 288 g/mol. The molecule has 5 heteroatoms. The number of hydrogen-bond acceptors (Lipinski definition) is 3. The van der Waals surface area contributed by atoms with Crippen molar-refractivity contribution < 1.29 is 4.74 Å². The number of methoxy groups -OCH3 is 1. The highest BCUT2D eigenvalue weighted by molar-refractivity contribution is 9.10. The van der Waals surface area contributed by atoms with Crippen LogP contribution >= 0.6 is 27.7 Å². The number of nitrogen functional groups attached to an aromatic ring is 1. The molecular formula is C11H15BrN2OS. The highest BCUT2D eigenvalue weighted by atomic mass is 79.9. The molecule has 0 saturated carbocycles. The van der Waals surface area contributed by atoms with Crippen LogP contribution in [0.2, 0.25) is 0 Å². The summed E-state index contributed by atoms with van der Waals surface area (Å²) in [5.74, 6) is 1.11. The van der Waals surface area contributed by atoms with E-state index < -0.39 is 0 Å². The van der Waals surface area contributed by atoms with Gasteiger partial charge in [-0.2, -0.15) is 0 Å². The van der Waals surface area contributed by atoms with Crippen molar-refractivity contribution in [2.24, 2.45) is 5.73 Å². The van der Waals surface area contributed by atoms with E-state index in [0.29, 0.717) is 0 Å². The molecule has 1 rings (SSSR count). The lowest BCUT2D eigenvalue weighted by Gasteiger charge is -2.06. The van der Waals surface area contributed by atoms with Crippen molar-refractivity contribution in [2.45, 2.75) is 11.3 Å². The Morgan fingerprint density at radius 3 is 2.88 bits per heavy atom. The van der Waals surface area contributed by atoms with Crippen LogP contribution < -0.4 is 5.73 Å². The number of rotatable bonds is 6. The van der Waals surface area contributed by atoms with Crippen LogP contribution in [-0.4, -0.2) is 25.3 Å². The van der Waals surface area contributed by atoms with Gasteiger partial charge in [0.05, 0.1) is 0 Å². The van der Waals surface area contributed by atoms with Crippen LogP contribution in [0, 0.1) is 5.41 Å². The molecule has 0 radical (unpaired) electrons. The number of benzene rings is 1. The zero-order chi connectivity index (χ0) is 12.0. The Morgan fingerprint density at radius 2 is 2.31 bits per heavy atom. The second kappa shape index (κ2) is 6.93. The average Bonchev–Trinajstić information content (AvgIpc) is 2.26. The van der Waals surface area contributed by atoms with Crippen molar-refractivity contribution in [3.05, 3.63) is 28.2 Å². The monoisotopic (exact) mass is 302 g/mol. The second-order valence-corrected chi connectivity index (χ2v) is 5.24. The van der Waals surface area contributed by atoms with Crippen molar-refractivity contribution in [2.75, 3.05) is 19.5 Å². The van der Waals surface area contributed by atoms with E-state index in [4.69, 9.17) is 15.9 Å². The molecule has 1 aromatic carbocycles. The molecule has 0 aliphatic carbocycles. The Balaban J connectivity index is 2.57. The van der Waals surface area contributed by atoms with Crippen LogP contribution in [-0.2, 0) is 4.74 Å². The first-order chi connectivity index (χ1) is 7.65. The molecule has 0 aliphatic rings. The molecule has 0 heterocycles.